The third-order valence-corrected chi connectivity index (χ3v) is 12.1. The molecule has 12 rings (SSSR count). The van der Waals surface area contributed by atoms with Gasteiger partial charge in [-0.1, -0.05) is 135 Å². The molecule has 2 aliphatic rings. The van der Waals surface area contributed by atoms with Crippen LogP contribution in [0.3, 0.4) is 0 Å². The van der Waals surface area contributed by atoms with E-state index in [1.807, 2.05) is 54.6 Å². The second-order valence-electron chi connectivity index (χ2n) is 16.0. The Morgan fingerprint density at radius 1 is 0.400 bits per heavy atom. The molecule has 0 N–H and O–H groups in total. The first-order valence-electron chi connectivity index (χ1n) is 20.3. The normalized spacial score (nSPS) is 13.2. The Hall–Kier alpha value is -7.83. The fourth-order valence-corrected chi connectivity index (χ4v) is 9.16. The van der Waals surface area contributed by atoms with E-state index in [0.717, 1.165) is 33.5 Å². The number of ether oxygens (including phenoxy) is 2. The minimum Gasteiger partial charge on any atom is -0.449 e. The van der Waals surface area contributed by atoms with Crippen molar-refractivity contribution in [1.29, 1.82) is 0 Å². The van der Waals surface area contributed by atoms with Gasteiger partial charge in [-0.3, -0.25) is 0 Å². The molecule has 2 aromatic heterocycles. The summed E-state index contributed by atoms with van der Waals surface area (Å²) in [6.45, 7) is 4.55. The summed E-state index contributed by atoms with van der Waals surface area (Å²) in [6, 6.07) is 63.0. The lowest BCUT2D eigenvalue weighted by atomic mass is 9.82. The van der Waals surface area contributed by atoms with Crippen molar-refractivity contribution in [3.8, 4) is 85.1 Å². The number of hydrogen-bond acceptors (Lipinski definition) is 5. The van der Waals surface area contributed by atoms with Gasteiger partial charge in [0.25, 0.3) is 0 Å². The maximum Gasteiger partial charge on any atom is 0.177 e. The number of rotatable bonds is 5. The smallest absolute Gasteiger partial charge is 0.177 e. The average Bonchev–Trinajstić information content (AvgIpc) is 3.75. The van der Waals surface area contributed by atoms with Gasteiger partial charge in [-0.05, 0) is 88.5 Å². The molecule has 0 amide bonds. The van der Waals surface area contributed by atoms with Crippen LogP contribution >= 0.6 is 0 Å². The van der Waals surface area contributed by atoms with Crippen molar-refractivity contribution in [2.45, 2.75) is 19.3 Å². The van der Waals surface area contributed by atoms with E-state index in [1.54, 1.807) is 0 Å². The molecule has 3 heterocycles. The van der Waals surface area contributed by atoms with Crippen LogP contribution in [0.4, 0.5) is 0 Å². The first kappa shape index (κ1) is 34.2. The molecule has 0 atom stereocenters. The highest BCUT2D eigenvalue weighted by molar-refractivity contribution is 6.09. The number of hydrogen-bond donors (Lipinski definition) is 0. The highest BCUT2D eigenvalue weighted by atomic mass is 16.6. The van der Waals surface area contributed by atoms with Crippen LogP contribution in [0.5, 0.6) is 23.0 Å². The third kappa shape index (κ3) is 5.31. The van der Waals surface area contributed by atoms with Gasteiger partial charge in [-0.25, -0.2) is 15.0 Å². The molecule has 0 radical (unpaired) electrons. The molecule has 284 valence electrons. The maximum absolute atomic E-state index is 6.80. The third-order valence-electron chi connectivity index (χ3n) is 12.1. The molecular formula is C54H36N4O2. The molecule has 60 heavy (non-hydrogen) atoms. The van der Waals surface area contributed by atoms with Gasteiger partial charge in [0, 0.05) is 44.1 Å². The Kier molecular flexibility index (Phi) is 7.47. The fourth-order valence-electron chi connectivity index (χ4n) is 9.16. The monoisotopic (exact) mass is 772 g/mol. The zero-order valence-electron chi connectivity index (χ0n) is 32.9. The predicted molar refractivity (Wildman–Crippen MR) is 240 cm³/mol. The maximum atomic E-state index is 6.80. The summed E-state index contributed by atoms with van der Waals surface area (Å²) in [5.74, 6) is 4.57. The van der Waals surface area contributed by atoms with Gasteiger partial charge in [0.2, 0.25) is 0 Å². The highest BCUT2D eigenvalue weighted by Crippen LogP contribution is 2.56. The second kappa shape index (κ2) is 13.1. The van der Waals surface area contributed by atoms with Crippen molar-refractivity contribution >= 4 is 21.8 Å². The molecule has 0 saturated heterocycles. The number of benzene rings is 8. The SMILES string of the molecule is CC1(C)c2ccccc2-c2cc3c(cc21)Oc1c(cccc1-c1cccc(-c2nc(-c4ccccc4)nc(-c4ccc(-n5c6ccccc6c6ccccc65)cc4)n2)c1)O3. The molecule has 6 nitrogen and oxygen atoms in total. The van der Waals surface area contributed by atoms with Crippen LogP contribution in [0.25, 0.3) is 83.9 Å². The van der Waals surface area contributed by atoms with Crippen molar-refractivity contribution in [2.24, 2.45) is 0 Å². The lowest BCUT2D eigenvalue weighted by Gasteiger charge is -2.26. The molecule has 0 fully saturated rings. The van der Waals surface area contributed by atoms with Gasteiger partial charge in [-0.2, -0.15) is 0 Å². The van der Waals surface area contributed by atoms with Gasteiger partial charge in [0.05, 0.1) is 11.0 Å². The number of aromatic nitrogens is 4. The molecule has 8 aromatic carbocycles. The Morgan fingerprint density at radius 2 is 0.967 bits per heavy atom. The Morgan fingerprint density at radius 3 is 1.72 bits per heavy atom. The molecule has 1 aliphatic heterocycles. The van der Waals surface area contributed by atoms with E-state index in [9.17, 15) is 0 Å². The van der Waals surface area contributed by atoms with Crippen LogP contribution in [-0.4, -0.2) is 19.5 Å². The van der Waals surface area contributed by atoms with E-state index < -0.39 is 0 Å². The van der Waals surface area contributed by atoms with Crippen molar-refractivity contribution in [2.75, 3.05) is 0 Å². The minimum atomic E-state index is -0.158. The molecule has 0 spiro atoms. The quantitative estimate of drug-likeness (QED) is 0.174. The Bertz CT molecular complexity index is 3300. The van der Waals surface area contributed by atoms with Gasteiger partial charge in [0.1, 0.15) is 0 Å². The van der Waals surface area contributed by atoms with Crippen molar-refractivity contribution in [3.05, 3.63) is 193 Å². The lowest BCUT2D eigenvalue weighted by Crippen LogP contribution is -2.15. The van der Waals surface area contributed by atoms with E-state index in [2.05, 4.69) is 146 Å². The molecule has 0 unspecified atom stereocenters. The van der Waals surface area contributed by atoms with Gasteiger partial charge < -0.3 is 14.0 Å². The molecule has 1 aliphatic carbocycles. The van der Waals surface area contributed by atoms with E-state index in [-0.39, 0.29) is 5.41 Å². The Labute approximate surface area is 347 Å². The second-order valence-corrected chi connectivity index (χ2v) is 16.0. The summed E-state index contributed by atoms with van der Waals surface area (Å²) in [6.07, 6.45) is 0. The molecule has 0 saturated carbocycles. The van der Waals surface area contributed by atoms with Crippen LogP contribution in [0.1, 0.15) is 25.0 Å². The molecule has 10 aromatic rings. The summed E-state index contributed by atoms with van der Waals surface area (Å²) in [5, 5.41) is 2.46. The number of fused-ring (bicyclic) bond motifs is 8. The summed E-state index contributed by atoms with van der Waals surface area (Å²) >= 11 is 0. The average molecular weight is 773 g/mol. The van der Waals surface area contributed by atoms with E-state index in [4.69, 9.17) is 24.4 Å². The topological polar surface area (TPSA) is 62.1 Å². The summed E-state index contributed by atoms with van der Waals surface area (Å²) in [4.78, 5) is 15.2. The zero-order valence-corrected chi connectivity index (χ0v) is 32.9. The van der Waals surface area contributed by atoms with E-state index in [1.165, 1.54) is 44.1 Å². The lowest BCUT2D eigenvalue weighted by molar-refractivity contribution is 0.360. The Balaban J connectivity index is 0.926. The van der Waals surface area contributed by atoms with Crippen LogP contribution in [0.2, 0.25) is 0 Å². The van der Waals surface area contributed by atoms with Crippen LogP contribution in [0, 0.1) is 0 Å². The van der Waals surface area contributed by atoms with E-state index >= 15 is 0 Å². The molecule has 6 heteroatoms. The highest BCUT2D eigenvalue weighted by Gasteiger charge is 2.37. The largest absolute Gasteiger partial charge is 0.449 e. The number of nitrogens with zero attached hydrogens (tertiary/aromatic N) is 4. The summed E-state index contributed by atoms with van der Waals surface area (Å²) in [5.41, 5.74) is 12.8. The van der Waals surface area contributed by atoms with Crippen molar-refractivity contribution in [1.82, 2.24) is 19.5 Å². The summed E-state index contributed by atoms with van der Waals surface area (Å²) in [7, 11) is 0. The van der Waals surface area contributed by atoms with Crippen LogP contribution < -0.4 is 9.47 Å². The van der Waals surface area contributed by atoms with Crippen molar-refractivity contribution in [3.63, 3.8) is 0 Å². The fraction of sp³-hybridized carbons (Fsp3) is 0.0556. The van der Waals surface area contributed by atoms with Gasteiger partial charge in [-0.15, -0.1) is 0 Å². The molecule has 0 bridgehead atoms. The number of para-hydroxylation sites is 3. The van der Waals surface area contributed by atoms with E-state index in [0.29, 0.717) is 40.5 Å². The van der Waals surface area contributed by atoms with Gasteiger partial charge >= 0.3 is 0 Å². The first-order valence-corrected chi connectivity index (χ1v) is 20.3. The summed E-state index contributed by atoms with van der Waals surface area (Å²) < 4.78 is 15.7. The molecular weight excluding hydrogens is 737 g/mol. The van der Waals surface area contributed by atoms with Crippen molar-refractivity contribution < 1.29 is 9.47 Å². The predicted octanol–water partition coefficient (Wildman–Crippen LogP) is 13.8. The first-order chi connectivity index (χ1) is 29.5. The van der Waals surface area contributed by atoms with Crippen LogP contribution in [0.15, 0.2) is 182 Å². The standard InChI is InChI=1S/C54H36N4O2/c1-54(2)43-22-9-6-18-39(43)42-31-48-49(32-44(42)54)60-50-38(21-13-25-47(50)59-48)35-16-12-17-36(30-35)53-56-51(33-14-4-3-5-15-33)55-52(57-53)34-26-28-37(29-27-34)58-45-23-10-7-19-40(45)41-20-8-11-24-46(41)58/h3-32H,1-2H3. The van der Waals surface area contributed by atoms with Gasteiger partial charge in [0.15, 0.2) is 40.5 Å². The minimum absolute atomic E-state index is 0.158. The zero-order chi connectivity index (χ0) is 40.0. The van der Waals surface area contributed by atoms with Crippen LogP contribution in [-0.2, 0) is 5.41 Å².